The molecule has 2 atom stereocenters. The number of rotatable bonds is 5. The Morgan fingerprint density at radius 2 is 1.95 bits per heavy atom. The van der Waals surface area contributed by atoms with E-state index in [1.807, 2.05) is 23.9 Å². The van der Waals surface area contributed by atoms with Crippen molar-refractivity contribution in [3.05, 3.63) is 23.3 Å². The lowest BCUT2D eigenvalue weighted by Gasteiger charge is -2.27. The highest BCUT2D eigenvalue weighted by atomic mass is 32.2. The Morgan fingerprint density at radius 1 is 1.25 bits per heavy atom. The van der Waals surface area contributed by atoms with Gasteiger partial charge in [-0.2, -0.15) is 11.8 Å². The molecule has 0 radical (unpaired) electrons. The van der Waals surface area contributed by atoms with E-state index in [1.165, 1.54) is 11.1 Å². The zero-order valence-electron chi connectivity index (χ0n) is 12.9. The van der Waals surface area contributed by atoms with E-state index in [1.54, 1.807) is 14.2 Å². The van der Waals surface area contributed by atoms with Crippen LogP contribution in [0.1, 0.15) is 37.4 Å². The van der Waals surface area contributed by atoms with E-state index in [2.05, 4.69) is 19.2 Å². The fraction of sp³-hybridized carbons (Fsp3) is 0.625. The minimum absolute atomic E-state index is 0.338. The number of methoxy groups -OCH3 is 2. The van der Waals surface area contributed by atoms with Gasteiger partial charge in [-0.05, 0) is 36.8 Å². The number of hydrogen-bond acceptors (Lipinski definition) is 4. The molecule has 1 aliphatic heterocycles. The second-order valence-corrected chi connectivity index (χ2v) is 6.32. The van der Waals surface area contributed by atoms with Crippen molar-refractivity contribution >= 4 is 11.8 Å². The highest BCUT2D eigenvalue weighted by Crippen LogP contribution is 2.43. The van der Waals surface area contributed by atoms with E-state index in [0.29, 0.717) is 12.0 Å². The van der Waals surface area contributed by atoms with E-state index in [9.17, 15) is 0 Å². The molecule has 1 N–H and O–H groups in total. The first-order chi connectivity index (χ1) is 9.72. The predicted octanol–water partition coefficient (Wildman–Crippen LogP) is 3.63. The lowest BCUT2D eigenvalue weighted by atomic mass is 9.91. The standard InChI is InChI=1S/C16H25NO2S/c1-5-8-17-16-11(2)9-20-10-12-13(18-3)6-7-14(19-4)15(12)16/h6-7,11,16-17H,5,8-10H2,1-4H3. The van der Waals surface area contributed by atoms with Crippen LogP contribution in [0.15, 0.2) is 12.1 Å². The van der Waals surface area contributed by atoms with Crippen molar-refractivity contribution in [2.75, 3.05) is 26.5 Å². The van der Waals surface area contributed by atoms with Gasteiger partial charge in [0.2, 0.25) is 0 Å². The first-order valence-electron chi connectivity index (χ1n) is 7.27. The summed E-state index contributed by atoms with van der Waals surface area (Å²) < 4.78 is 11.2. The SMILES string of the molecule is CCCNC1c2c(OC)ccc(OC)c2CSCC1C. The highest BCUT2D eigenvalue weighted by Gasteiger charge is 2.29. The fourth-order valence-electron chi connectivity index (χ4n) is 2.81. The van der Waals surface area contributed by atoms with Crippen LogP contribution in [-0.2, 0) is 5.75 Å². The van der Waals surface area contributed by atoms with Crippen molar-refractivity contribution in [1.29, 1.82) is 0 Å². The summed E-state index contributed by atoms with van der Waals surface area (Å²) in [7, 11) is 3.50. The van der Waals surface area contributed by atoms with Gasteiger partial charge in [-0.1, -0.05) is 13.8 Å². The minimum Gasteiger partial charge on any atom is -0.496 e. The van der Waals surface area contributed by atoms with Gasteiger partial charge in [0.05, 0.1) is 14.2 Å². The second kappa shape index (κ2) is 7.23. The van der Waals surface area contributed by atoms with Crippen molar-refractivity contribution < 1.29 is 9.47 Å². The van der Waals surface area contributed by atoms with E-state index in [0.717, 1.165) is 36.0 Å². The van der Waals surface area contributed by atoms with Crippen LogP contribution < -0.4 is 14.8 Å². The molecule has 0 saturated heterocycles. The Hall–Kier alpha value is -0.870. The van der Waals surface area contributed by atoms with E-state index in [4.69, 9.17) is 9.47 Å². The van der Waals surface area contributed by atoms with Crippen LogP contribution in [0.25, 0.3) is 0 Å². The van der Waals surface area contributed by atoms with Crippen LogP contribution in [0.2, 0.25) is 0 Å². The summed E-state index contributed by atoms with van der Waals surface area (Å²) in [6.45, 7) is 5.54. The number of ether oxygens (including phenoxy) is 2. The smallest absolute Gasteiger partial charge is 0.124 e. The Balaban J connectivity index is 2.50. The normalized spacial score (nSPS) is 22.0. The van der Waals surface area contributed by atoms with Crippen LogP contribution in [-0.4, -0.2) is 26.5 Å². The molecule has 1 aromatic carbocycles. The molecular weight excluding hydrogens is 270 g/mol. The van der Waals surface area contributed by atoms with Gasteiger partial charge < -0.3 is 14.8 Å². The zero-order chi connectivity index (χ0) is 14.5. The average molecular weight is 295 g/mol. The van der Waals surface area contributed by atoms with E-state index < -0.39 is 0 Å². The summed E-state index contributed by atoms with van der Waals surface area (Å²) in [5.41, 5.74) is 2.58. The maximum atomic E-state index is 5.62. The quantitative estimate of drug-likeness (QED) is 0.898. The van der Waals surface area contributed by atoms with Crippen molar-refractivity contribution in [3.63, 3.8) is 0 Å². The van der Waals surface area contributed by atoms with Crippen molar-refractivity contribution in [2.24, 2.45) is 5.92 Å². The van der Waals surface area contributed by atoms with Crippen LogP contribution in [0.3, 0.4) is 0 Å². The minimum atomic E-state index is 0.338. The Morgan fingerprint density at radius 3 is 2.60 bits per heavy atom. The van der Waals surface area contributed by atoms with Crippen molar-refractivity contribution in [2.45, 2.75) is 32.1 Å². The number of fused-ring (bicyclic) bond motifs is 1. The summed E-state index contributed by atoms with van der Waals surface area (Å²) in [5.74, 6) is 4.68. The molecule has 1 aromatic rings. The average Bonchev–Trinajstić information content (AvgIpc) is 2.63. The summed E-state index contributed by atoms with van der Waals surface area (Å²) in [5, 5.41) is 3.69. The molecule has 1 aliphatic rings. The van der Waals surface area contributed by atoms with Crippen LogP contribution in [0.5, 0.6) is 11.5 Å². The van der Waals surface area contributed by atoms with Gasteiger partial charge in [-0.3, -0.25) is 0 Å². The highest BCUT2D eigenvalue weighted by molar-refractivity contribution is 7.98. The van der Waals surface area contributed by atoms with Gasteiger partial charge in [0.25, 0.3) is 0 Å². The molecule has 0 bridgehead atoms. The molecule has 4 heteroatoms. The number of thioether (sulfide) groups is 1. The molecule has 0 fully saturated rings. The van der Waals surface area contributed by atoms with Crippen LogP contribution in [0, 0.1) is 5.92 Å². The molecule has 2 rings (SSSR count). The lowest BCUT2D eigenvalue weighted by molar-refractivity contribution is 0.365. The molecule has 1 heterocycles. The summed E-state index contributed by atoms with van der Waals surface area (Å²) in [6.07, 6.45) is 1.14. The van der Waals surface area contributed by atoms with Crippen LogP contribution in [0.4, 0.5) is 0 Å². The first kappa shape index (κ1) is 15.5. The van der Waals surface area contributed by atoms with Gasteiger partial charge >= 0.3 is 0 Å². The number of hydrogen-bond donors (Lipinski definition) is 1. The molecule has 0 saturated carbocycles. The summed E-state index contributed by atoms with van der Waals surface area (Å²) in [4.78, 5) is 0. The Kier molecular flexibility index (Phi) is 5.61. The number of nitrogens with one attached hydrogen (secondary N) is 1. The fourth-order valence-corrected chi connectivity index (χ4v) is 4.00. The molecule has 3 nitrogen and oxygen atoms in total. The Labute approximate surface area is 126 Å². The molecule has 0 aromatic heterocycles. The van der Waals surface area contributed by atoms with Crippen LogP contribution >= 0.6 is 11.8 Å². The Bertz CT molecular complexity index is 450. The molecule has 20 heavy (non-hydrogen) atoms. The van der Waals surface area contributed by atoms with Gasteiger partial charge in [-0.15, -0.1) is 0 Å². The van der Waals surface area contributed by atoms with Crippen molar-refractivity contribution in [1.82, 2.24) is 5.32 Å². The van der Waals surface area contributed by atoms with Gasteiger partial charge in [0, 0.05) is 22.9 Å². The van der Waals surface area contributed by atoms with Gasteiger partial charge in [-0.25, -0.2) is 0 Å². The van der Waals surface area contributed by atoms with E-state index >= 15 is 0 Å². The van der Waals surface area contributed by atoms with Gasteiger partial charge in [0.1, 0.15) is 11.5 Å². The lowest BCUT2D eigenvalue weighted by Crippen LogP contribution is -2.29. The molecule has 0 aliphatic carbocycles. The monoisotopic (exact) mass is 295 g/mol. The summed E-state index contributed by atoms with van der Waals surface area (Å²) in [6, 6.07) is 4.39. The maximum Gasteiger partial charge on any atom is 0.124 e. The number of benzene rings is 1. The molecule has 0 amide bonds. The van der Waals surface area contributed by atoms with Crippen molar-refractivity contribution in [3.8, 4) is 11.5 Å². The largest absolute Gasteiger partial charge is 0.496 e. The van der Waals surface area contributed by atoms with E-state index in [-0.39, 0.29) is 0 Å². The molecule has 112 valence electrons. The van der Waals surface area contributed by atoms with Gasteiger partial charge in [0.15, 0.2) is 0 Å². The zero-order valence-corrected chi connectivity index (χ0v) is 13.7. The summed E-state index contributed by atoms with van der Waals surface area (Å²) >= 11 is 1.98. The first-order valence-corrected chi connectivity index (χ1v) is 8.43. The third kappa shape index (κ3) is 3.07. The molecular formula is C16H25NO2S. The predicted molar refractivity (Wildman–Crippen MR) is 85.9 cm³/mol. The third-order valence-electron chi connectivity index (χ3n) is 3.84. The third-order valence-corrected chi connectivity index (χ3v) is 5.09. The topological polar surface area (TPSA) is 30.5 Å². The maximum absolute atomic E-state index is 5.62. The second-order valence-electron chi connectivity index (χ2n) is 5.29. The molecule has 0 spiro atoms. The molecule has 2 unspecified atom stereocenters.